The zero-order valence-electron chi connectivity index (χ0n) is 31.9. The summed E-state index contributed by atoms with van der Waals surface area (Å²) in [5, 5.41) is 12.4. The Morgan fingerprint density at radius 3 is 1.83 bits per heavy atom. The summed E-state index contributed by atoms with van der Waals surface area (Å²) in [5.41, 5.74) is 12.4. The Bertz CT molecular complexity index is 3390. The van der Waals surface area contributed by atoms with Gasteiger partial charge in [-0.15, -0.1) is 11.3 Å². The number of nitrogens with one attached hydrogen (secondary N) is 1. The average Bonchev–Trinajstić information content (AvgIpc) is 3.71. The fraction of sp³-hybridized carbons (Fsp3) is 0. The Hall–Kier alpha value is -7.39. The molecule has 0 atom stereocenters. The number of para-hydroxylation sites is 1. The topological polar surface area (TPSA) is 87.8 Å². The second-order valence-electron chi connectivity index (χ2n) is 14.6. The summed E-state index contributed by atoms with van der Waals surface area (Å²) >= 11 is 5.96. The first-order valence-corrected chi connectivity index (χ1v) is 20.8. The molecule has 0 bridgehead atoms. The smallest absolute Gasteiger partial charge is 0.164 e. The molecule has 10 aromatic rings. The molecule has 0 unspecified atom stereocenters. The van der Waals surface area contributed by atoms with E-state index < -0.39 is 0 Å². The number of thiophene rings is 1. The van der Waals surface area contributed by atoms with Crippen LogP contribution in [0, 0.1) is 5.41 Å². The van der Waals surface area contributed by atoms with Crippen LogP contribution in [0.15, 0.2) is 180 Å². The summed E-state index contributed by atoms with van der Waals surface area (Å²) in [6.07, 6.45) is 3.82. The number of fused-ring (bicyclic) bond motifs is 6. The Morgan fingerprint density at radius 2 is 1.05 bits per heavy atom. The van der Waals surface area contributed by atoms with Crippen LogP contribution in [0.4, 0.5) is 0 Å². The lowest BCUT2D eigenvalue weighted by molar-refractivity contribution is 1.07. The number of rotatable bonds is 6. The molecule has 3 heterocycles. The number of hydrogen-bond acceptors (Lipinski definition) is 8. The van der Waals surface area contributed by atoms with Crippen LogP contribution >= 0.6 is 24.2 Å². The summed E-state index contributed by atoms with van der Waals surface area (Å²) < 4.78 is 6.63. The van der Waals surface area contributed by atoms with Gasteiger partial charge in [0.15, 0.2) is 17.5 Å². The first kappa shape index (κ1) is 35.7. The SMILES string of the molecule is N=C1C(=NS)C=Cc2c(-c3ccc(-c4cccc(-c5nc(-c6ccccc6)nc(-c6ccc(-c7cccc8c7sc7ccccc78)cc6)n5)c4)cc3)nc3ccccc3c21. The van der Waals surface area contributed by atoms with Crippen molar-refractivity contribution < 1.29 is 0 Å². The van der Waals surface area contributed by atoms with Crippen LogP contribution in [0.25, 0.3) is 105 Å². The Balaban J connectivity index is 0.952. The van der Waals surface area contributed by atoms with E-state index in [1.165, 1.54) is 25.7 Å². The highest BCUT2D eigenvalue weighted by molar-refractivity contribution is 7.79. The van der Waals surface area contributed by atoms with Crippen molar-refractivity contribution in [3.8, 4) is 67.7 Å². The van der Waals surface area contributed by atoms with Crippen LogP contribution in [0.2, 0.25) is 0 Å². The van der Waals surface area contributed by atoms with Crippen molar-refractivity contribution in [2.24, 2.45) is 4.40 Å². The molecule has 0 fully saturated rings. The van der Waals surface area contributed by atoms with Gasteiger partial charge in [-0.1, -0.05) is 152 Å². The van der Waals surface area contributed by atoms with E-state index in [2.05, 4.69) is 126 Å². The highest BCUT2D eigenvalue weighted by Gasteiger charge is 2.23. The van der Waals surface area contributed by atoms with E-state index in [1.54, 1.807) is 0 Å². The molecule has 1 aliphatic carbocycles. The predicted octanol–water partition coefficient (Wildman–Crippen LogP) is 13.5. The molecule has 11 rings (SSSR count). The minimum absolute atomic E-state index is 0.339. The molecule has 0 aliphatic heterocycles. The van der Waals surface area contributed by atoms with Gasteiger partial charge in [-0.2, -0.15) is 0 Å². The number of thiol groups is 1. The highest BCUT2D eigenvalue weighted by Crippen LogP contribution is 2.41. The molecule has 60 heavy (non-hydrogen) atoms. The van der Waals surface area contributed by atoms with E-state index in [-0.39, 0.29) is 0 Å². The van der Waals surface area contributed by atoms with Gasteiger partial charge in [-0.05, 0) is 65.4 Å². The summed E-state index contributed by atoms with van der Waals surface area (Å²) in [7, 11) is 0. The maximum atomic E-state index is 8.94. The Labute approximate surface area is 355 Å². The zero-order chi connectivity index (χ0) is 40.2. The van der Waals surface area contributed by atoms with Gasteiger partial charge in [0, 0.05) is 58.9 Å². The largest absolute Gasteiger partial charge is 0.298 e. The van der Waals surface area contributed by atoms with Gasteiger partial charge in [-0.3, -0.25) is 5.41 Å². The molecular formula is C52H32N6S2. The minimum Gasteiger partial charge on any atom is -0.298 e. The quantitative estimate of drug-likeness (QED) is 0.164. The maximum absolute atomic E-state index is 8.94. The Morgan fingerprint density at radius 1 is 0.467 bits per heavy atom. The van der Waals surface area contributed by atoms with Gasteiger partial charge in [0.25, 0.3) is 0 Å². The molecule has 1 aliphatic rings. The predicted molar refractivity (Wildman–Crippen MR) is 253 cm³/mol. The summed E-state index contributed by atoms with van der Waals surface area (Å²) in [6, 6.07) is 58.5. The summed E-state index contributed by atoms with van der Waals surface area (Å²) in [4.78, 5) is 20.2. The van der Waals surface area contributed by atoms with Crippen molar-refractivity contribution in [2.75, 3.05) is 0 Å². The third kappa shape index (κ3) is 6.21. The van der Waals surface area contributed by atoms with Crippen molar-refractivity contribution in [3.63, 3.8) is 0 Å². The minimum atomic E-state index is 0.339. The number of benzene rings is 7. The Kier molecular flexibility index (Phi) is 8.80. The van der Waals surface area contributed by atoms with Crippen molar-refractivity contribution in [2.45, 2.75) is 0 Å². The third-order valence-corrected chi connectivity index (χ3v) is 12.5. The fourth-order valence-electron chi connectivity index (χ4n) is 8.12. The van der Waals surface area contributed by atoms with Gasteiger partial charge in [-0.25, -0.2) is 24.3 Å². The second kappa shape index (κ2) is 14.8. The van der Waals surface area contributed by atoms with Gasteiger partial charge in [0.05, 0.1) is 22.6 Å². The zero-order valence-corrected chi connectivity index (χ0v) is 33.6. The van der Waals surface area contributed by atoms with E-state index in [9.17, 15) is 0 Å². The van der Waals surface area contributed by atoms with Gasteiger partial charge < -0.3 is 0 Å². The van der Waals surface area contributed by atoms with Gasteiger partial charge >= 0.3 is 0 Å². The van der Waals surface area contributed by atoms with Gasteiger partial charge in [0.1, 0.15) is 0 Å². The van der Waals surface area contributed by atoms with Crippen LogP contribution in [-0.4, -0.2) is 31.4 Å². The maximum Gasteiger partial charge on any atom is 0.164 e. The number of pyridine rings is 1. The molecule has 1 N–H and O–H groups in total. The number of aromatic nitrogens is 4. The number of hydrogen-bond donors (Lipinski definition) is 2. The molecule has 3 aromatic heterocycles. The molecule has 0 saturated carbocycles. The summed E-state index contributed by atoms with van der Waals surface area (Å²) in [5.74, 6) is 1.83. The van der Waals surface area contributed by atoms with E-state index in [4.69, 9.17) is 25.3 Å². The highest BCUT2D eigenvalue weighted by atomic mass is 32.1. The number of nitrogens with zero attached hydrogens (tertiary/aromatic N) is 5. The standard InChI is InChI=1S/C52H32N6S2/c53-47-44(58-59)29-28-42-46(47)41-15-4-6-18-43(41)54-48(42)33-24-20-31(21-25-33)36-12-8-13-37(30-36)52-56-50(34-10-2-1-3-11-34)55-51(57-52)35-26-22-32(23-27-35)38-16-9-17-40-39-14-5-7-19-45(39)60-49(38)40/h1-30,53,59H. The van der Waals surface area contributed by atoms with Gasteiger partial charge in [0.2, 0.25) is 0 Å². The summed E-state index contributed by atoms with van der Waals surface area (Å²) in [6.45, 7) is 0. The van der Waals surface area contributed by atoms with E-state index in [0.717, 1.165) is 66.7 Å². The molecule has 0 spiro atoms. The molecule has 0 amide bonds. The normalized spacial score (nSPS) is 13.1. The fourth-order valence-corrected chi connectivity index (χ4v) is 9.52. The van der Waals surface area contributed by atoms with Crippen LogP contribution in [0.1, 0.15) is 11.1 Å². The van der Waals surface area contributed by atoms with E-state index in [1.807, 2.05) is 84.2 Å². The average molecular weight is 805 g/mol. The van der Waals surface area contributed by atoms with E-state index in [0.29, 0.717) is 28.9 Å². The van der Waals surface area contributed by atoms with Crippen molar-refractivity contribution in [1.82, 2.24) is 19.9 Å². The van der Waals surface area contributed by atoms with Crippen molar-refractivity contribution in [1.29, 1.82) is 5.41 Å². The third-order valence-electron chi connectivity index (χ3n) is 11.1. The molecule has 282 valence electrons. The van der Waals surface area contributed by atoms with E-state index >= 15 is 0 Å². The molecule has 7 aromatic carbocycles. The lowest BCUT2D eigenvalue weighted by Gasteiger charge is -2.19. The lowest BCUT2D eigenvalue weighted by atomic mass is 9.88. The first-order chi connectivity index (χ1) is 29.6. The molecular weight excluding hydrogens is 773 g/mol. The monoisotopic (exact) mass is 804 g/mol. The van der Waals surface area contributed by atoms with Crippen LogP contribution < -0.4 is 0 Å². The molecule has 8 heteroatoms. The van der Waals surface area contributed by atoms with Crippen LogP contribution in [-0.2, 0) is 0 Å². The molecule has 0 radical (unpaired) electrons. The van der Waals surface area contributed by atoms with Crippen LogP contribution in [0.3, 0.4) is 0 Å². The lowest BCUT2D eigenvalue weighted by Crippen LogP contribution is -2.18. The van der Waals surface area contributed by atoms with Crippen molar-refractivity contribution in [3.05, 3.63) is 187 Å². The first-order valence-electron chi connectivity index (χ1n) is 19.6. The number of allylic oxidation sites excluding steroid dienone is 1. The van der Waals surface area contributed by atoms with Crippen molar-refractivity contribution >= 4 is 72.7 Å². The second-order valence-corrected chi connectivity index (χ2v) is 15.9. The van der Waals surface area contributed by atoms with Crippen LogP contribution in [0.5, 0.6) is 0 Å². The molecule has 0 saturated heterocycles. The molecule has 6 nitrogen and oxygen atoms in total.